The third-order valence-electron chi connectivity index (χ3n) is 7.75. The van der Waals surface area contributed by atoms with E-state index in [-0.39, 0.29) is 29.4 Å². The molecular weight excluding hydrogens is 612 g/mol. The molecule has 46 heavy (non-hydrogen) atoms. The second-order valence-corrected chi connectivity index (χ2v) is 10.9. The highest BCUT2D eigenvalue weighted by atomic mass is 16.7. The normalized spacial score (nSPS) is 31.6. The van der Waals surface area contributed by atoms with Gasteiger partial charge in [0.2, 0.25) is 0 Å². The number of carbonyl (C=O) groups excluding carboxylic acids is 1. The Balaban J connectivity index is 1.52. The summed E-state index contributed by atoms with van der Waals surface area (Å²) in [4.78, 5) is 12.9. The Morgan fingerprint density at radius 1 is 0.891 bits per heavy atom. The number of hydrogen-bond donors (Lipinski definition) is 8. The van der Waals surface area contributed by atoms with Crippen LogP contribution in [0.1, 0.15) is 23.6 Å². The largest absolute Gasteiger partial charge is 0.508 e. The average molecular weight is 653 g/mol. The number of aliphatic hydroxyl groups is 6. The zero-order valence-electron chi connectivity index (χ0n) is 25.2. The smallest absolute Gasteiger partial charge is 0.331 e. The summed E-state index contributed by atoms with van der Waals surface area (Å²) in [6.07, 6.45) is -12.2. The Kier molecular flexibility index (Phi) is 12.3. The molecule has 15 heteroatoms. The third-order valence-corrected chi connectivity index (χ3v) is 7.75. The van der Waals surface area contributed by atoms with Crippen LogP contribution in [0, 0.1) is 0 Å². The van der Waals surface area contributed by atoms with Crippen LogP contribution in [0.5, 0.6) is 17.2 Å². The molecule has 4 rings (SSSR count). The zero-order chi connectivity index (χ0) is 33.5. The van der Waals surface area contributed by atoms with Crippen LogP contribution in [0.4, 0.5) is 0 Å². The third kappa shape index (κ3) is 8.32. The standard InChI is InChI=1S/C31H40O15/c1-15-24(37)25(38)26(39)31(43-15)46-29-27(40)30(42-10-9-17-4-7-20(35)21(12-17)41-2)44-22(14-33)28(29)45-23(36)8-5-16-3-6-19(34)18(11-16)13-32/h3-8,11-12,15,22,24-35,37-40H,9-10,13-14H2,1-2H3/b8-5+/t15-,22+,24-,25+,26+,27+,28+,29+,30+,31-/m0/s1. The van der Waals surface area contributed by atoms with Crippen LogP contribution in [0.25, 0.3) is 6.08 Å². The molecule has 254 valence electrons. The van der Waals surface area contributed by atoms with Crippen LogP contribution >= 0.6 is 0 Å². The SMILES string of the molecule is COc1cc(CCO[C@@H]2O[C@H](CO)[C@@H](OC(=O)/C=C/c3ccc(O)c(CO)c3)[C@H](O[C@@H]3O[C@@H](C)[C@H](O)[C@@H](O)[C@H]3O)[C@H]2O)ccc1O. The maximum atomic E-state index is 12.9. The first kappa shape index (κ1) is 35.5. The van der Waals surface area contributed by atoms with Gasteiger partial charge in [0.05, 0.1) is 33.0 Å². The molecule has 8 N–H and O–H groups in total. The highest BCUT2D eigenvalue weighted by Gasteiger charge is 2.52. The molecule has 0 spiro atoms. The minimum absolute atomic E-state index is 0.0132. The topological polar surface area (TPSA) is 234 Å². The molecule has 2 aromatic carbocycles. The van der Waals surface area contributed by atoms with Gasteiger partial charge in [-0.2, -0.15) is 0 Å². The van der Waals surface area contributed by atoms with Gasteiger partial charge < -0.3 is 69.3 Å². The van der Waals surface area contributed by atoms with Crippen molar-refractivity contribution in [1.29, 1.82) is 0 Å². The number of aliphatic hydroxyl groups excluding tert-OH is 6. The summed E-state index contributed by atoms with van der Waals surface area (Å²) < 4.78 is 33.6. The minimum Gasteiger partial charge on any atom is -0.508 e. The number of methoxy groups -OCH3 is 1. The number of ether oxygens (including phenoxy) is 6. The fourth-order valence-electron chi connectivity index (χ4n) is 5.10. The van der Waals surface area contributed by atoms with E-state index in [0.717, 1.165) is 11.6 Å². The predicted octanol–water partition coefficient (Wildman–Crippen LogP) is -0.926. The summed E-state index contributed by atoms with van der Waals surface area (Å²) in [5.41, 5.74) is 1.41. The van der Waals surface area contributed by atoms with E-state index in [1.54, 1.807) is 12.1 Å². The molecule has 2 aliphatic heterocycles. The molecular formula is C31H40O15. The first-order chi connectivity index (χ1) is 22.0. The summed E-state index contributed by atoms with van der Waals surface area (Å²) in [5.74, 6) is -0.858. The molecule has 0 amide bonds. The molecule has 15 nitrogen and oxygen atoms in total. The lowest BCUT2D eigenvalue weighted by molar-refractivity contribution is -0.357. The maximum absolute atomic E-state index is 12.9. The van der Waals surface area contributed by atoms with Gasteiger partial charge >= 0.3 is 5.97 Å². The van der Waals surface area contributed by atoms with Crippen molar-refractivity contribution in [2.45, 2.75) is 81.4 Å². The Morgan fingerprint density at radius 3 is 2.33 bits per heavy atom. The Hall–Kier alpha value is -3.35. The zero-order valence-corrected chi connectivity index (χ0v) is 25.2. The van der Waals surface area contributed by atoms with Crippen molar-refractivity contribution in [1.82, 2.24) is 0 Å². The van der Waals surface area contributed by atoms with Crippen LogP contribution in [-0.2, 0) is 41.5 Å². The van der Waals surface area contributed by atoms with Gasteiger partial charge in [0, 0.05) is 11.6 Å². The van der Waals surface area contributed by atoms with E-state index in [2.05, 4.69) is 0 Å². The molecule has 2 heterocycles. The summed E-state index contributed by atoms with van der Waals surface area (Å²) in [6.45, 7) is 0.275. The Labute approximate surface area is 264 Å². The number of aromatic hydroxyl groups is 2. The van der Waals surface area contributed by atoms with Crippen molar-refractivity contribution < 1.29 is 74.1 Å². The number of hydrogen-bond acceptors (Lipinski definition) is 15. The second kappa shape index (κ2) is 16.0. The van der Waals surface area contributed by atoms with E-state index in [1.165, 1.54) is 44.4 Å². The predicted molar refractivity (Wildman–Crippen MR) is 156 cm³/mol. The van der Waals surface area contributed by atoms with Crippen LogP contribution in [0.3, 0.4) is 0 Å². The van der Waals surface area contributed by atoms with Gasteiger partial charge in [-0.25, -0.2) is 4.79 Å². The van der Waals surface area contributed by atoms with Crippen LogP contribution in [-0.4, -0.2) is 129 Å². The molecule has 0 radical (unpaired) electrons. The molecule has 0 aromatic heterocycles. The number of esters is 1. The molecule has 0 saturated carbocycles. The molecule has 2 aliphatic rings. The van der Waals surface area contributed by atoms with Gasteiger partial charge in [0.15, 0.2) is 30.2 Å². The van der Waals surface area contributed by atoms with Gasteiger partial charge in [-0.1, -0.05) is 12.1 Å². The molecule has 2 aromatic rings. The maximum Gasteiger partial charge on any atom is 0.331 e. The first-order valence-corrected chi connectivity index (χ1v) is 14.6. The van der Waals surface area contributed by atoms with Gasteiger partial charge in [-0.15, -0.1) is 0 Å². The molecule has 0 bridgehead atoms. The first-order valence-electron chi connectivity index (χ1n) is 14.6. The summed E-state index contributed by atoms with van der Waals surface area (Å²) >= 11 is 0. The van der Waals surface area contributed by atoms with Crippen LogP contribution in [0.2, 0.25) is 0 Å². The molecule has 2 saturated heterocycles. The molecule has 2 fully saturated rings. The van der Waals surface area contributed by atoms with Gasteiger partial charge in [-0.3, -0.25) is 0 Å². The Bertz CT molecular complexity index is 1340. The molecule has 10 atom stereocenters. The number of rotatable bonds is 12. The van der Waals surface area contributed by atoms with Crippen LogP contribution in [0.15, 0.2) is 42.5 Å². The van der Waals surface area contributed by atoms with Crippen LogP contribution < -0.4 is 4.74 Å². The van der Waals surface area contributed by atoms with E-state index >= 15 is 0 Å². The van der Waals surface area contributed by atoms with Crippen molar-refractivity contribution in [3.63, 3.8) is 0 Å². The fraction of sp³-hybridized carbons (Fsp3) is 0.516. The number of phenols is 2. The highest BCUT2D eigenvalue weighted by molar-refractivity contribution is 5.87. The van der Waals surface area contributed by atoms with E-state index in [0.29, 0.717) is 12.0 Å². The monoisotopic (exact) mass is 652 g/mol. The average Bonchev–Trinajstić information content (AvgIpc) is 3.05. The van der Waals surface area contributed by atoms with Crippen molar-refractivity contribution in [2.24, 2.45) is 0 Å². The summed E-state index contributed by atoms with van der Waals surface area (Å²) in [6, 6.07) is 8.99. The second-order valence-electron chi connectivity index (χ2n) is 10.9. The molecule has 0 unspecified atom stereocenters. The fourth-order valence-corrected chi connectivity index (χ4v) is 5.10. The lowest BCUT2D eigenvalue weighted by Crippen LogP contribution is -2.65. The van der Waals surface area contributed by atoms with Crippen molar-refractivity contribution in [2.75, 3.05) is 20.3 Å². The summed E-state index contributed by atoms with van der Waals surface area (Å²) in [5, 5.41) is 81.4. The van der Waals surface area contributed by atoms with Crippen molar-refractivity contribution in [3.05, 3.63) is 59.2 Å². The van der Waals surface area contributed by atoms with Gasteiger partial charge in [0.1, 0.15) is 42.4 Å². The van der Waals surface area contributed by atoms with E-state index in [1.807, 2.05) is 0 Å². The van der Waals surface area contributed by atoms with E-state index in [9.17, 15) is 45.6 Å². The quantitative estimate of drug-likeness (QED) is 0.102. The molecule has 0 aliphatic carbocycles. The minimum atomic E-state index is -1.76. The van der Waals surface area contributed by atoms with E-state index in [4.69, 9.17) is 28.4 Å². The van der Waals surface area contributed by atoms with Crippen molar-refractivity contribution in [3.8, 4) is 17.2 Å². The van der Waals surface area contributed by atoms with E-state index < -0.39 is 80.6 Å². The Morgan fingerprint density at radius 2 is 1.63 bits per heavy atom. The number of carbonyl (C=O) groups is 1. The van der Waals surface area contributed by atoms with Gasteiger partial charge in [-0.05, 0) is 54.8 Å². The van der Waals surface area contributed by atoms with Crippen molar-refractivity contribution >= 4 is 12.0 Å². The van der Waals surface area contributed by atoms with Gasteiger partial charge in [0.25, 0.3) is 0 Å². The summed E-state index contributed by atoms with van der Waals surface area (Å²) in [7, 11) is 1.41. The highest BCUT2D eigenvalue weighted by Crippen LogP contribution is 2.32. The lowest BCUT2D eigenvalue weighted by atomic mass is 9.97. The lowest BCUT2D eigenvalue weighted by Gasteiger charge is -2.46. The number of phenolic OH excluding ortho intramolecular Hbond substituents is 1. The number of benzene rings is 2.